The van der Waals surface area contributed by atoms with Crippen molar-refractivity contribution in [1.82, 2.24) is 15.2 Å². The summed E-state index contributed by atoms with van der Waals surface area (Å²) in [5.74, 6) is 6.34. The van der Waals surface area contributed by atoms with Crippen LogP contribution in [0.5, 0.6) is 0 Å². The normalized spacial score (nSPS) is 12.0. The highest BCUT2D eigenvalue weighted by molar-refractivity contribution is 6.30. The SMILES string of the molecule is CCCC/C(C=Nc1ccc(-c2nnc(-c3ccncc3C)o2)cc1)=N/N. The van der Waals surface area contributed by atoms with Crippen molar-refractivity contribution < 1.29 is 4.42 Å². The van der Waals surface area contributed by atoms with Crippen molar-refractivity contribution in [2.45, 2.75) is 33.1 Å². The molecule has 0 aliphatic carbocycles. The molecule has 0 saturated carbocycles. The van der Waals surface area contributed by atoms with Gasteiger partial charge < -0.3 is 10.3 Å². The quantitative estimate of drug-likeness (QED) is 0.383. The lowest BCUT2D eigenvalue weighted by Gasteiger charge is -1.99. The number of aromatic nitrogens is 3. The van der Waals surface area contributed by atoms with Crippen LogP contribution in [-0.2, 0) is 0 Å². The number of unbranched alkanes of at least 4 members (excludes halogenated alkanes) is 1. The van der Waals surface area contributed by atoms with Crippen molar-refractivity contribution in [2.75, 3.05) is 0 Å². The third-order valence-corrected chi connectivity index (χ3v) is 4.10. The van der Waals surface area contributed by atoms with E-state index in [4.69, 9.17) is 10.3 Å². The van der Waals surface area contributed by atoms with Crippen LogP contribution >= 0.6 is 0 Å². The third kappa shape index (κ3) is 4.63. The van der Waals surface area contributed by atoms with Crippen LogP contribution in [0.1, 0.15) is 31.7 Å². The van der Waals surface area contributed by atoms with Gasteiger partial charge in [-0.05, 0) is 55.7 Å². The van der Waals surface area contributed by atoms with Gasteiger partial charge in [-0.1, -0.05) is 13.3 Å². The molecule has 2 aromatic heterocycles. The minimum absolute atomic E-state index is 0.462. The molecule has 3 aromatic rings. The maximum atomic E-state index is 5.81. The highest BCUT2D eigenvalue weighted by Crippen LogP contribution is 2.26. The van der Waals surface area contributed by atoms with Crippen molar-refractivity contribution in [3.63, 3.8) is 0 Å². The molecule has 0 saturated heterocycles. The van der Waals surface area contributed by atoms with Crippen LogP contribution in [0.4, 0.5) is 5.69 Å². The smallest absolute Gasteiger partial charge is 0.248 e. The summed E-state index contributed by atoms with van der Waals surface area (Å²) in [4.78, 5) is 8.50. The van der Waals surface area contributed by atoms with Crippen LogP contribution < -0.4 is 5.84 Å². The predicted molar refractivity (Wildman–Crippen MR) is 107 cm³/mol. The van der Waals surface area contributed by atoms with E-state index in [-0.39, 0.29) is 0 Å². The Kier molecular flexibility index (Phi) is 6.04. The molecule has 0 radical (unpaired) electrons. The van der Waals surface area contributed by atoms with E-state index < -0.39 is 0 Å². The molecule has 0 fully saturated rings. The molecule has 0 bridgehead atoms. The van der Waals surface area contributed by atoms with Gasteiger partial charge in [0.1, 0.15) is 0 Å². The van der Waals surface area contributed by atoms with Gasteiger partial charge in [-0.15, -0.1) is 10.2 Å². The van der Waals surface area contributed by atoms with Crippen molar-refractivity contribution in [3.05, 3.63) is 48.3 Å². The van der Waals surface area contributed by atoms with Gasteiger partial charge in [-0.25, -0.2) is 0 Å². The van der Waals surface area contributed by atoms with Crippen LogP contribution in [0.3, 0.4) is 0 Å². The number of aliphatic imine (C=N–C) groups is 1. The molecule has 0 spiro atoms. The molecule has 138 valence electrons. The zero-order chi connectivity index (χ0) is 19.1. The minimum Gasteiger partial charge on any atom is -0.416 e. The number of pyridine rings is 1. The lowest BCUT2D eigenvalue weighted by atomic mass is 10.1. The van der Waals surface area contributed by atoms with E-state index in [9.17, 15) is 0 Å². The van der Waals surface area contributed by atoms with Crippen LogP contribution in [0.25, 0.3) is 22.9 Å². The first kappa shape index (κ1) is 18.4. The average molecular weight is 362 g/mol. The maximum absolute atomic E-state index is 5.81. The van der Waals surface area contributed by atoms with Gasteiger partial charge in [0, 0.05) is 23.5 Å². The Balaban J connectivity index is 1.74. The Morgan fingerprint density at radius 1 is 1.15 bits per heavy atom. The fourth-order valence-electron chi connectivity index (χ4n) is 2.52. The fourth-order valence-corrected chi connectivity index (χ4v) is 2.52. The Morgan fingerprint density at radius 3 is 2.63 bits per heavy atom. The number of hydrogen-bond donors (Lipinski definition) is 1. The molecule has 2 heterocycles. The van der Waals surface area contributed by atoms with Gasteiger partial charge in [-0.2, -0.15) is 5.10 Å². The molecule has 0 aliphatic heterocycles. The molecule has 0 atom stereocenters. The second-order valence-corrected chi connectivity index (χ2v) is 6.13. The van der Waals surface area contributed by atoms with Crippen molar-refractivity contribution in [3.8, 4) is 22.9 Å². The van der Waals surface area contributed by atoms with Crippen LogP contribution in [0.2, 0.25) is 0 Å². The predicted octanol–water partition coefficient (Wildman–Crippen LogP) is 4.31. The highest BCUT2D eigenvalue weighted by Gasteiger charge is 2.12. The van der Waals surface area contributed by atoms with Gasteiger partial charge in [-0.3, -0.25) is 9.98 Å². The zero-order valence-corrected chi connectivity index (χ0v) is 15.5. The summed E-state index contributed by atoms with van der Waals surface area (Å²) < 4.78 is 5.81. The largest absolute Gasteiger partial charge is 0.416 e. The van der Waals surface area contributed by atoms with Crippen LogP contribution in [0.15, 0.2) is 57.2 Å². The summed E-state index contributed by atoms with van der Waals surface area (Å²) in [6.07, 6.45) is 8.14. The van der Waals surface area contributed by atoms with Gasteiger partial charge in [0.05, 0.1) is 17.6 Å². The number of aryl methyl sites for hydroxylation is 1. The molecule has 1 aromatic carbocycles. The van der Waals surface area contributed by atoms with E-state index in [1.165, 1.54) is 0 Å². The highest BCUT2D eigenvalue weighted by atomic mass is 16.4. The first-order chi connectivity index (χ1) is 13.2. The first-order valence-corrected chi connectivity index (χ1v) is 8.87. The summed E-state index contributed by atoms with van der Waals surface area (Å²) in [5, 5.41) is 12.1. The Bertz CT molecular complexity index is 943. The summed E-state index contributed by atoms with van der Waals surface area (Å²) in [6.45, 7) is 4.08. The summed E-state index contributed by atoms with van der Waals surface area (Å²) in [7, 11) is 0. The van der Waals surface area contributed by atoms with Crippen LogP contribution in [-0.4, -0.2) is 27.1 Å². The van der Waals surface area contributed by atoms with Crippen molar-refractivity contribution >= 4 is 17.6 Å². The summed E-state index contributed by atoms with van der Waals surface area (Å²) >= 11 is 0. The van der Waals surface area contributed by atoms with E-state index in [0.717, 1.165) is 47.4 Å². The number of hydrogen-bond acceptors (Lipinski definition) is 7. The standard InChI is InChI=1S/C20H22N6O/c1-3-4-5-17(24-21)13-23-16-8-6-15(7-9-16)19-25-26-20(27-19)18-10-11-22-12-14(18)2/h6-13H,3-5,21H2,1-2H3/b23-13?,24-17-. The first-order valence-electron chi connectivity index (χ1n) is 8.87. The molecule has 7 nitrogen and oxygen atoms in total. The molecule has 3 rings (SSSR count). The number of nitrogens with two attached hydrogens (primary N) is 1. The molecule has 0 aliphatic rings. The monoisotopic (exact) mass is 362 g/mol. The van der Waals surface area contributed by atoms with E-state index >= 15 is 0 Å². The zero-order valence-electron chi connectivity index (χ0n) is 15.5. The van der Waals surface area contributed by atoms with E-state index in [1.54, 1.807) is 18.6 Å². The second-order valence-electron chi connectivity index (χ2n) is 6.13. The molecule has 7 heteroatoms. The summed E-state index contributed by atoms with van der Waals surface area (Å²) in [5.41, 5.74) is 4.29. The second kappa shape index (κ2) is 8.84. The molecule has 0 amide bonds. The van der Waals surface area contributed by atoms with Gasteiger partial charge in [0.15, 0.2) is 0 Å². The Labute approximate surface area is 158 Å². The van der Waals surface area contributed by atoms with Crippen LogP contribution in [0, 0.1) is 6.92 Å². The molecular weight excluding hydrogens is 340 g/mol. The number of rotatable bonds is 7. The molecular formula is C20H22N6O. The fraction of sp³-hybridized carbons (Fsp3) is 0.250. The van der Waals surface area contributed by atoms with Crippen molar-refractivity contribution in [1.29, 1.82) is 0 Å². The average Bonchev–Trinajstić information content (AvgIpc) is 3.19. The number of benzene rings is 1. The van der Waals surface area contributed by atoms with E-state index in [2.05, 4.69) is 32.2 Å². The van der Waals surface area contributed by atoms with E-state index in [1.807, 2.05) is 37.3 Å². The molecule has 2 N–H and O–H groups in total. The minimum atomic E-state index is 0.462. The third-order valence-electron chi connectivity index (χ3n) is 4.10. The Morgan fingerprint density at radius 2 is 1.93 bits per heavy atom. The van der Waals surface area contributed by atoms with E-state index in [0.29, 0.717) is 11.8 Å². The van der Waals surface area contributed by atoms with Crippen molar-refractivity contribution in [2.24, 2.45) is 15.9 Å². The van der Waals surface area contributed by atoms with Gasteiger partial charge >= 0.3 is 0 Å². The van der Waals surface area contributed by atoms with Gasteiger partial charge in [0.2, 0.25) is 11.8 Å². The maximum Gasteiger partial charge on any atom is 0.248 e. The Hall–Kier alpha value is -3.35. The number of hydrazone groups is 1. The number of nitrogens with zero attached hydrogens (tertiary/aromatic N) is 5. The van der Waals surface area contributed by atoms with Gasteiger partial charge in [0.25, 0.3) is 0 Å². The lowest BCUT2D eigenvalue weighted by molar-refractivity contribution is 0.584. The molecule has 0 unspecified atom stereocenters. The lowest BCUT2D eigenvalue weighted by Crippen LogP contribution is -2.03. The molecule has 27 heavy (non-hydrogen) atoms. The summed E-state index contributed by atoms with van der Waals surface area (Å²) in [6, 6.07) is 9.44. The topological polar surface area (TPSA) is 103 Å².